The number of hydrogen-bond donors (Lipinski definition) is 2. The number of carbonyl (C=O) groups is 2. The summed E-state index contributed by atoms with van der Waals surface area (Å²) in [5.74, 6) is -1.72. The number of nitrogens with zero attached hydrogens (tertiary/aromatic N) is 6. The Kier molecular flexibility index (Phi) is 4.17. The summed E-state index contributed by atoms with van der Waals surface area (Å²) in [6.07, 6.45) is 3.02. The SMILES string of the molecule is O=C(O)CSc1nnc2c3c4c(sc3n3c(SCC(=O)O)nnc3n12)CCC4. The van der Waals surface area contributed by atoms with Crippen molar-refractivity contribution in [1.82, 2.24) is 29.2 Å². The fourth-order valence-electron chi connectivity index (χ4n) is 3.41. The molecule has 28 heavy (non-hydrogen) atoms. The van der Waals surface area contributed by atoms with Crippen LogP contribution in [-0.2, 0) is 22.4 Å². The summed E-state index contributed by atoms with van der Waals surface area (Å²) in [4.78, 5) is 24.2. The third-order valence-corrected chi connectivity index (χ3v) is 7.53. The van der Waals surface area contributed by atoms with Crippen molar-refractivity contribution < 1.29 is 19.8 Å². The second-order valence-corrected chi connectivity index (χ2v) is 9.13. The Morgan fingerprint density at radius 2 is 1.64 bits per heavy atom. The number of hydrogen-bond acceptors (Lipinski definition) is 9. The van der Waals surface area contributed by atoms with Crippen molar-refractivity contribution in [3.05, 3.63) is 10.4 Å². The zero-order valence-corrected chi connectivity index (χ0v) is 16.6. The van der Waals surface area contributed by atoms with Crippen molar-refractivity contribution in [3.63, 3.8) is 0 Å². The second-order valence-electron chi connectivity index (χ2n) is 6.16. The topological polar surface area (TPSA) is 135 Å². The molecule has 0 atom stereocenters. The van der Waals surface area contributed by atoms with Crippen molar-refractivity contribution in [1.29, 1.82) is 0 Å². The third kappa shape index (κ3) is 2.64. The number of fused-ring (bicyclic) bond motifs is 8. The van der Waals surface area contributed by atoms with Crippen LogP contribution in [0.5, 0.6) is 0 Å². The smallest absolute Gasteiger partial charge is 0.313 e. The van der Waals surface area contributed by atoms with Gasteiger partial charge in [0.2, 0.25) is 5.78 Å². The number of aryl methyl sites for hydroxylation is 2. The van der Waals surface area contributed by atoms with Crippen LogP contribution in [0.25, 0.3) is 21.6 Å². The van der Waals surface area contributed by atoms with Gasteiger partial charge in [-0.3, -0.25) is 9.59 Å². The summed E-state index contributed by atoms with van der Waals surface area (Å²) in [7, 11) is 0. The number of rotatable bonds is 6. The van der Waals surface area contributed by atoms with Gasteiger partial charge in [0.25, 0.3) is 0 Å². The summed E-state index contributed by atoms with van der Waals surface area (Å²) in [5.41, 5.74) is 1.87. The van der Waals surface area contributed by atoms with E-state index in [1.165, 1.54) is 10.4 Å². The highest BCUT2D eigenvalue weighted by atomic mass is 32.2. The average molecular weight is 437 g/mol. The molecular weight excluding hydrogens is 424 g/mol. The molecule has 13 heteroatoms. The molecule has 0 amide bonds. The van der Waals surface area contributed by atoms with Gasteiger partial charge >= 0.3 is 11.9 Å². The summed E-state index contributed by atoms with van der Waals surface area (Å²) in [6, 6.07) is 0. The lowest BCUT2D eigenvalue weighted by Crippen LogP contribution is -2.03. The van der Waals surface area contributed by atoms with Crippen LogP contribution in [0.1, 0.15) is 16.9 Å². The molecule has 0 saturated carbocycles. The fourth-order valence-corrected chi connectivity index (χ4v) is 6.16. The number of aliphatic carboxylic acids is 2. The number of thioether (sulfide) groups is 2. The maximum Gasteiger partial charge on any atom is 0.313 e. The van der Waals surface area contributed by atoms with Crippen LogP contribution in [0.2, 0.25) is 0 Å². The van der Waals surface area contributed by atoms with E-state index in [-0.39, 0.29) is 11.5 Å². The Balaban J connectivity index is 1.82. The lowest BCUT2D eigenvalue weighted by Gasteiger charge is -2.05. The van der Waals surface area contributed by atoms with Crippen LogP contribution in [0.4, 0.5) is 0 Å². The summed E-state index contributed by atoms with van der Waals surface area (Å²) in [6.45, 7) is 0. The van der Waals surface area contributed by atoms with E-state index in [1.54, 1.807) is 15.7 Å². The van der Waals surface area contributed by atoms with E-state index in [2.05, 4.69) is 20.4 Å². The highest BCUT2D eigenvalue weighted by molar-refractivity contribution is 8.00. The zero-order chi connectivity index (χ0) is 19.4. The lowest BCUT2D eigenvalue weighted by atomic mass is 10.2. The van der Waals surface area contributed by atoms with Gasteiger partial charge in [0.05, 0.1) is 16.9 Å². The van der Waals surface area contributed by atoms with Gasteiger partial charge in [0.1, 0.15) is 4.83 Å². The molecule has 0 saturated heterocycles. The molecule has 4 heterocycles. The minimum absolute atomic E-state index is 0.131. The molecule has 0 radical (unpaired) electrons. The standard InChI is InChI=1S/C15H12N6O4S3/c22-8(23)4-26-14-18-16-11-10-6-2-1-3-7(6)28-12(10)21-13(20(11)14)17-19-15(21)27-5-9(24)25/h1-5H2,(H,22,23)(H,24,25). The van der Waals surface area contributed by atoms with Gasteiger partial charge in [-0.25, -0.2) is 8.80 Å². The molecule has 0 bridgehead atoms. The second kappa shape index (κ2) is 6.60. The average Bonchev–Trinajstić information content (AvgIpc) is 3.38. The number of carboxylic acids is 2. The first kappa shape index (κ1) is 17.7. The molecule has 4 aromatic rings. The lowest BCUT2D eigenvalue weighted by molar-refractivity contribution is -0.134. The van der Waals surface area contributed by atoms with Gasteiger partial charge in [-0.1, -0.05) is 23.5 Å². The molecule has 1 aliphatic carbocycles. The van der Waals surface area contributed by atoms with E-state index in [0.717, 1.165) is 53.0 Å². The van der Waals surface area contributed by atoms with Gasteiger partial charge in [-0.15, -0.1) is 31.7 Å². The maximum absolute atomic E-state index is 11.0. The minimum atomic E-state index is -0.950. The molecule has 2 N–H and O–H groups in total. The highest BCUT2D eigenvalue weighted by Crippen LogP contribution is 2.41. The van der Waals surface area contributed by atoms with Gasteiger partial charge < -0.3 is 10.2 Å². The molecule has 0 unspecified atom stereocenters. The highest BCUT2D eigenvalue weighted by Gasteiger charge is 2.27. The Hall–Kier alpha value is -2.38. The monoisotopic (exact) mass is 436 g/mol. The van der Waals surface area contributed by atoms with Crippen LogP contribution < -0.4 is 0 Å². The van der Waals surface area contributed by atoms with Crippen molar-refractivity contribution in [2.45, 2.75) is 29.6 Å². The molecule has 10 nitrogen and oxygen atoms in total. The molecule has 0 aromatic carbocycles. The van der Waals surface area contributed by atoms with E-state index < -0.39 is 11.9 Å². The molecule has 144 valence electrons. The first-order valence-electron chi connectivity index (χ1n) is 8.30. The predicted octanol–water partition coefficient (Wildman–Crippen LogP) is 1.83. The molecule has 4 aromatic heterocycles. The summed E-state index contributed by atoms with van der Waals surface area (Å²) in [5, 5.41) is 36.9. The van der Waals surface area contributed by atoms with Gasteiger partial charge in [0, 0.05) is 4.88 Å². The minimum Gasteiger partial charge on any atom is -0.481 e. The summed E-state index contributed by atoms with van der Waals surface area (Å²) < 4.78 is 3.56. The van der Waals surface area contributed by atoms with Gasteiger partial charge in [0.15, 0.2) is 16.0 Å². The number of carboxylic acid groups (broad SMARTS) is 2. The van der Waals surface area contributed by atoms with Crippen LogP contribution in [0, 0.1) is 0 Å². The molecule has 1 aliphatic rings. The van der Waals surface area contributed by atoms with E-state index in [9.17, 15) is 9.59 Å². The Morgan fingerprint density at radius 1 is 0.964 bits per heavy atom. The van der Waals surface area contributed by atoms with Gasteiger partial charge in [-0.05, 0) is 24.8 Å². The van der Waals surface area contributed by atoms with E-state index in [1.807, 2.05) is 4.40 Å². The molecule has 0 spiro atoms. The Bertz CT molecular complexity index is 1280. The first-order valence-corrected chi connectivity index (χ1v) is 11.1. The predicted molar refractivity (Wildman–Crippen MR) is 104 cm³/mol. The third-order valence-electron chi connectivity index (χ3n) is 4.43. The Morgan fingerprint density at radius 3 is 2.36 bits per heavy atom. The molecule has 0 aliphatic heterocycles. The summed E-state index contributed by atoms with van der Waals surface area (Å²) >= 11 is 3.81. The van der Waals surface area contributed by atoms with Crippen molar-refractivity contribution in [2.24, 2.45) is 0 Å². The number of thiophene rings is 1. The van der Waals surface area contributed by atoms with Crippen LogP contribution in [0.3, 0.4) is 0 Å². The molecule has 5 rings (SSSR count). The van der Waals surface area contributed by atoms with E-state index in [0.29, 0.717) is 21.7 Å². The quantitative estimate of drug-likeness (QED) is 0.431. The Labute approximate surface area is 169 Å². The maximum atomic E-state index is 11.0. The van der Waals surface area contributed by atoms with E-state index in [4.69, 9.17) is 10.2 Å². The van der Waals surface area contributed by atoms with E-state index >= 15 is 0 Å². The molecule has 0 fully saturated rings. The van der Waals surface area contributed by atoms with Crippen molar-refractivity contribution in [2.75, 3.05) is 11.5 Å². The largest absolute Gasteiger partial charge is 0.481 e. The first-order chi connectivity index (χ1) is 13.5. The van der Waals surface area contributed by atoms with Crippen molar-refractivity contribution in [3.8, 4) is 0 Å². The van der Waals surface area contributed by atoms with Crippen molar-refractivity contribution >= 4 is 68.4 Å². The molecular formula is C15H12N6O4S3. The van der Waals surface area contributed by atoms with Crippen LogP contribution in [0.15, 0.2) is 10.3 Å². The van der Waals surface area contributed by atoms with Crippen LogP contribution in [-0.4, -0.2) is 62.9 Å². The normalized spacial score (nSPS) is 13.7. The number of aromatic nitrogens is 6. The van der Waals surface area contributed by atoms with Gasteiger partial charge in [-0.2, -0.15) is 0 Å². The zero-order valence-electron chi connectivity index (χ0n) is 14.2. The van der Waals surface area contributed by atoms with Crippen LogP contribution >= 0.6 is 34.9 Å². The fraction of sp³-hybridized carbons (Fsp3) is 0.333.